The zero-order valence-electron chi connectivity index (χ0n) is 10.8. The first-order valence-corrected chi connectivity index (χ1v) is 6.90. The van der Waals surface area contributed by atoms with E-state index in [4.69, 9.17) is 4.74 Å². The first kappa shape index (κ1) is 13.7. The van der Waals surface area contributed by atoms with Crippen LogP contribution >= 0.6 is 11.3 Å². The number of hydrogen-bond donors (Lipinski definition) is 0. The number of carbonyl (C=O) groups excluding carboxylic acids is 1. The summed E-state index contributed by atoms with van der Waals surface area (Å²) >= 11 is 1.65. The Labute approximate surface area is 116 Å². The van der Waals surface area contributed by atoms with Crippen molar-refractivity contribution < 1.29 is 9.53 Å². The molecule has 0 saturated carbocycles. The standard InChI is InChI=1S/C14H16N2O2S/c1-18-9-8-16(11-13-3-2-10-19-13)14(17)12-4-6-15-7-5-12/h2-7,10H,8-9,11H2,1H3. The van der Waals surface area contributed by atoms with Gasteiger partial charge in [-0.3, -0.25) is 9.78 Å². The fraction of sp³-hybridized carbons (Fsp3) is 0.286. The normalized spacial score (nSPS) is 10.4. The lowest BCUT2D eigenvalue weighted by Gasteiger charge is -2.21. The van der Waals surface area contributed by atoms with Gasteiger partial charge in [0.15, 0.2) is 0 Å². The average molecular weight is 276 g/mol. The summed E-state index contributed by atoms with van der Waals surface area (Å²) in [5.41, 5.74) is 0.655. The number of nitrogens with zero attached hydrogens (tertiary/aromatic N) is 2. The summed E-state index contributed by atoms with van der Waals surface area (Å²) < 4.78 is 5.07. The van der Waals surface area contributed by atoms with Crippen LogP contribution in [0.15, 0.2) is 42.0 Å². The molecule has 5 heteroatoms. The second-order valence-corrected chi connectivity index (χ2v) is 5.07. The van der Waals surface area contributed by atoms with E-state index >= 15 is 0 Å². The Kier molecular flexibility index (Phi) is 5.06. The Morgan fingerprint density at radius 3 is 2.79 bits per heavy atom. The van der Waals surface area contributed by atoms with E-state index in [2.05, 4.69) is 4.98 Å². The molecule has 2 aromatic heterocycles. The van der Waals surface area contributed by atoms with Gasteiger partial charge in [-0.05, 0) is 23.6 Å². The van der Waals surface area contributed by atoms with Gasteiger partial charge < -0.3 is 9.64 Å². The van der Waals surface area contributed by atoms with Crippen molar-refractivity contribution >= 4 is 17.2 Å². The van der Waals surface area contributed by atoms with Gasteiger partial charge in [-0.2, -0.15) is 0 Å². The van der Waals surface area contributed by atoms with Crippen molar-refractivity contribution in [2.24, 2.45) is 0 Å². The topological polar surface area (TPSA) is 42.4 Å². The molecule has 2 aromatic rings. The van der Waals surface area contributed by atoms with E-state index in [0.29, 0.717) is 25.3 Å². The Morgan fingerprint density at radius 1 is 1.37 bits per heavy atom. The van der Waals surface area contributed by atoms with E-state index < -0.39 is 0 Å². The number of methoxy groups -OCH3 is 1. The van der Waals surface area contributed by atoms with Gasteiger partial charge in [0.2, 0.25) is 0 Å². The quantitative estimate of drug-likeness (QED) is 0.814. The average Bonchev–Trinajstić information content (AvgIpc) is 2.96. The molecule has 0 aromatic carbocycles. The van der Waals surface area contributed by atoms with Gasteiger partial charge in [-0.25, -0.2) is 0 Å². The van der Waals surface area contributed by atoms with Crippen LogP contribution in [-0.4, -0.2) is 36.1 Å². The molecule has 19 heavy (non-hydrogen) atoms. The molecular formula is C14H16N2O2S. The van der Waals surface area contributed by atoms with Crippen molar-refractivity contribution in [1.82, 2.24) is 9.88 Å². The van der Waals surface area contributed by atoms with E-state index in [1.54, 1.807) is 47.9 Å². The molecule has 0 bridgehead atoms. The van der Waals surface area contributed by atoms with E-state index in [-0.39, 0.29) is 5.91 Å². The predicted molar refractivity (Wildman–Crippen MR) is 75.2 cm³/mol. The lowest BCUT2D eigenvalue weighted by Crippen LogP contribution is -2.33. The zero-order valence-corrected chi connectivity index (χ0v) is 11.6. The van der Waals surface area contributed by atoms with Crippen LogP contribution in [0.2, 0.25) is 0 Å². The summed E-state index contributed by atoms with van der Waals surface area (Å²) in [6.45, 7) is 1.72. The molecule has 0 radical (unpaired) electrons. The van der Waals surface area contributed by atoms with Gasteiger partial charge in [0, 0.05) is 36.5 Å². The molecule has 0 saturated heterocycles. The maximum absolute atomic E-state index is 12.4. The predicted octanol–water partition coefficient (Wildman–Crippen LogP) is 2.43. The maximum atomic E-state index is 12.4. The molecule has 0 atom stereocenters. The minimum atomic E-state index is 0.00727. The lowest BCUT2D eigenvalue weighted by molar-refractivity contribution is 0.0682. The van der Waals surface area contributed by atoms with Crippen molar-refractivity contribution in [3.05, 3.63) is 52.5 Å². The van der Waals surface area contributed by atoms with Crippen LogP contribution in [0, 0.1) is 0 Å². The highest BCUT2D eigenvalue weighted by Crippen LogP contribution is 2.14. The fourth-order valence-electron chi connectivity index (χ4n) is 1.72. The Hall–Kier alpha value is -1.72. The van der Waals surface area contributed by atoms with Crippen LogP contribution in [-0.2, 0) is 11.3 Å². The molecule has 4 nitrogen and oxygen atoms in total. The third-order valence-electron chi connectivity index (χ3n) is 2.71. The van der Waals surface area contributed by atoms with Gasteiger partial charge in [0.25, 0.3) is 5.91 Å². The number of thiophene rings is 1. The Balaban J connectivity index is 2.10. The second-order valence-electron chi connectivity index (χ2n) is 4.03. The fourth-order valence-corrected chi connectivity index (χ4v) is 2.44. The van der Waals surface area contributed by atoms with Gasteiger partial charge in [0.05, 0.1) is 13.2 Å². The minimum absolute atomic E-state index is 0.00727. The maximum Gasteiger partial charge on any atom is 0.254 e. The molecule has 2 heterocycles. The van der Waals surface area contributed by atoms with Crippen LogP contribution < -0.4 is 0 Å². The van der Waals surface area contributed by atoms with Crippen LogP contribution in [0.3, 0.4) is 0 Å². The lowest BCUT2D eigenvalue weighted by atomic mass is 10.2. The number of aromatic nitrogens is 1. The largest absolute Gasteiger partial charge is 0.383 e. The van der Waals surface area contributed by atoms with Gasteiger partial charge in [0.1, 0.15) is 0 Å². The molecule has 0 aliphatic carbocycles. The Bertz CT molecular complexity index is 499. The van der Waals surface area contributed by atoms with Crippen molar-refractivity contribution in [2.45, 2.75) is 6.54 Å². The first-order chi connectivity index (χ1) is 9.31. The second kappa shape index (κ2) is 7.01. The van der Waals surface area contributed by atoms with Crippen LogP contribution in [0.4, 0.5) is 0 Å². The first-order valence-electron chi connectivity index (χ1n) is 6.02. The molecular weight excluding hydrogens is 260 g/mol. The van der Waals surface area contributed by atoms with Crippen LogP contribution in [0.25, 0.3) is 0 Å². The minimum Gasteiger partial charge on any atom is -0.383 e. The number of rotatable bonds is 6. The summed E-state index contributed by atoms with van der Waals surface area (Å²) in [5, 5.41) is 2.01. The SMILES string of the molecule is COCCN(Cc1cccs1)C(=O)c1ccncc1. The monoisotopic (exact) mass is 276 g/mol. The number of carbonyl (C=O) groups is 1. The Morgan fingerprint density at radius 2 is 2.16 bits per heavy atom. The molecule has 0 N–H and O–H groups in total. The van der Waals surface area contributed by atoms with Gasteiger partial charge >= 0.3 is 0 Å². The molecule has 100 valence electrons. The molecule has 0 spiro atoms. The third-order valence-corrected chi connectivity index (χ3v) is 3.57. The third kappa shape index (κ3) is 3.87. The molecule has 2 rings (SSSR count). The number of amides is 1. The summed E-state index contributed by atoms with van der Waals surface area (Å²) in [6, 6.07) is 7.49. The number of pyridine rings is 1. The summed E-state index contributed by atoms with van der Waals surface area (Å²) in [5.74, 6) is 0.00727. The molecule has 0 fully saturated rings. The highest BCUT2D eigenvalue weighted by atomic mass is 32.1. The highest BCUT2D eigenvalue weighted by Gasteiger charge is 2.16. The van der Waals surface area contributed by atoms with Crippen LogP contribution in [0.1, 0.15) is 15.2 Å². The molecule has 1 amide bonds. The van der Waals surface area contributed by atoms with Crippen molar-refractivity contribution in [2.75, 3.05) is 20.3 Å². The summed E-state index contributed by atoms with van der Waals surface area (Å²) in [7, 11) is 1.64. The molecule has 0 aliphatic rings. The summed E-state index contributed by atoms with van der Waals surface area (Å²) in [4.78, 5) is 19.3. The van der Waals surface area contributed by atoms with Crippen LogP contribution in [0.5, 0.6) is 0 Å². The molecule has 0 unspecified atom stereocenters. The number of ether oxygens (including phenoxy) is 1. The molecule has 0 aliphatic heterocycles. The number of hydrogen-bond acceptors (Lipinski definition) is 4. The van der Waals surface area contributed by atoms with Gasteiger partial charge in [-0.1, -0.05) is 6.07 Å². The van der Waals surface area contributed by atoms with E-state index in [1.165, 1.54) is 4.88 Å². The van der Waals surface area contributed by atoms with Crippen molar-refractivity contribution in [3.8, 4) is 0 Å². The summed E-state index contributed by atoms with van der Waals surface area (Å²) in [6.07, 6.45) is 3.26. The van der Waals surface area contributed by atoms with Crippen molar-refractivity contribution in [1.29, 1.82) is 0 Å². The zero-order chi connectivity index (χ0) is 13.5. The van der Waals surface area contributed by atoms with E-state index in [1.807, 2.05) is 17.5 Å². The van der Waals surface area contributed by atoms with Gasteiger partial charge in [-0.15, -0.1) is 11.3 Å². The van der Waals surface area contributed by atoms with E-state index in [0.717, 1.165) is 0 Å². The highest BCUT2D eigenvalue weighted by molar-refractivity contribution is 7.09. The van der Waals surface area contributed by atoms with E-state index in [9.17, 15) is 4.79 Å². The van der Waals surface area contributed by atoms with Crippen molar-refractivity contribution in [3.63, 3.8) is 0 Å². The smallest absolute Gasteiger partial charge is 0.254 e.